The molecule has 148 valence electrons. The molecule has 0 unspecified atom stereocenters. The van der Waals surface area contributed by atoms with Crippen molar-refractivity contribution in [1.29, 1.82) is 0 Å². The van der Waals surface area contributed by atoms with Gasteiger partial charge in [0, 0.05) is 0 Å². The van der Waals surface area contributed by atoms with Crippen LogP contribution in [0.2, 0.25) is 0 Å². The Hall–Kier alpha value is -2.83. The molecule has 0 aromatic heterocycles. The summed E-state index contributed by atoms with van der Waals surface area (Å²) in [5.74, 6) is -2.40. The smallest absolute Gasteiger partial charge is 0.408 e. The maximum absolute atomic E-state index is 12.5. The van der Waals surface area contributed by atoms with E-state index >= 15 is 0 Å². The summed E-state index contributed by atoms with van der Waals surface area (Å²) in [5, 5.41) is 2.41. The van der Waals surface area contributed by atoms with Crippen LogP contribution in [0.5, 0.6) is 0 Å². The molecule has 0 aliphatic rings. The number of methoxy groups -OCH3 is 1. The highest BCUT2D eigenvalue weighted by Gasteiger charge is 2.38. The predicted octanol–water partition coefficient (Wildman–Crippen LogP) is 2.99. The Morgan fingerprint density at radius 3 is 2.30 bits per heavy atom. The minimum atomic E-state index is -1.26. The number of ether oxygens (including phenoxy) is 3. The molecule has 2 atom stereocenters. The zero-order valence-corrected chi connectivity index (χ0v) is 16.2. The first-order valence-corrected chi connectivity index (χ1v) is 8.56. The molecule has 7 nitrogen and oxygen atoms in total. The molecule has 0 aliphatic carbocycles. The molecule has 27 heavy (non-hydrogen) atoms. The van der Waals surface area contributed by atoms with Crippen molar-refractivity contribution in [2.45, 2.75) is 45.4 Å². The second kappa shape index (κ2) is 10.4. The molecule has 1 N–H and O–H groups in total. The van der Waals surface area contributed by atoms with E-state index in [-0.39, 0.29) is 13.0 Å². The van der Waals surface area contributed by atoms with Crippen LogP contribution in [-0.2, 0) is 30.4 Å². The van der Waals surface area contributed by atoms with E-state index in [2.05, 4.69) is 11.9 Å². The molecule has 0 spiro atoms. The van der Waals surface area contributed by atoms with E-state index in [4.69, 9.17) is 14.2 Å². The predicted molar refractivity (Wildman–Crippen MR) is 99.7 cm³/mol. The summed E-state index contributed by atoms with van der Waals surface area (Å²) in [7, 11) is 1.17. The SMILES string of the molecule is C=CC[C@H](C(=O)OC(C)(C)C)[C@H](NC(=O)OCc1ccccc1)C(=O)OC. The summed E-state index contributed by atoms with van der Waals surface area (Å²) in [6.45, 7) is 8.76. The number of benzene rings is 1. The molecule has 0 heterocycles. The summed E-state index contributed by atoms with van der Waals surface area (Å²) in [4.78, 5) is 36.8. The largest absolute Gasteiger partial charge is 0.467 e. The van der Waals surface area contributed by atoms with E-state index in [1.165, 1.54) is 13.2 Å². The van der Waals surface area contributed by atoms with Gasteiger partial charge in [0.2, 0.25) is 0 Å². The first-order chi connectivity index (χ1) is 12.7. The summed E-state index contributed by atoms with van der Waals surface area (Å²) < 4.78 is 15.2. The van der Waals surface area contributed by atoms with Crippen molar-refractivity contribution < 1.29 is 28.6 Å². The topological polar surface area (TPSA) is 90.9 Å². The maximum Gasteiger partial charge on any atom is 0.408 e. The number of esters is 2. The second-order valence-corrected chi connectivity index (χ2v) is 6.87. The quantitative estimate of drug-likeness (QED) is 0.425. The molecule has 0 aliphatic heterocycles. The molecule has 1 aromatic carbocycles. The van der Waals surface area contributed by atoms with Gasteiger partial charge in [0.15, 0.2) is 0 Å². The summed E-state index contributed by atoms with van der Waals surface area (Å²) >= 11 is 0. The number of hydrogen-bond donors (Lipinski definition) is 1. The zero-order valence-electron chi connectivity index (χ0n) is 16.2. The normalized spacial score (nSPS) is 13.0. The van der Waals surface area contributed by atoms with Crippen molar-refractivity contribution in [1.82, 2.24) is 5.32 Å². The first-order valence-electron chi connectivity index (χ1n) is 8.56. The molecular weight excluding hydrogens is 350 g/mol. The third-order valence-corrected chi connectivity index (χ3v) is 3.47. The first kappa shape index (κ1) is 22.2. The Labute approximate surface area is 159 Å². The molecule has 0 fully saturated rings. The number of amides is 1. The number of alkyl carbamates (subject to hydrolysis) is 1. The fraction of sp³-hybridized carbons (Fsp3) is 0.450. The molecule has 0 saturated heterocycles. The van der Waals surface area contributed by atoms with Crippen molar-refractivity contribution in [2.75, 3.05) is 7.11 Å². The number of carbonyl (C=O) groups excluding carboxylic acids is 3. The number of nitrogens with one attached hydrogen (secondary N) is 1. The van der Waals surface area contributed by atoms with E-state index in [9.17, 15) is 14.4 Å². The van der Waals surface area contributed by atoms with E-state index in [1.54, 1.807) is 32.9 Å². The summed E-state index contributed by atoms with van der Waals surface area (Å²) in [6.07, 6.45) is 0.752. The van der Waals surface area contributed by atoms with Gasteiger partial charge in [-0.1, -0.05) is 36.4 Å². The van der Waals surface area contributed by atoms with Gasteiger partial charge in [0.25, 0.3) is 0 Å². The molecule has 1 rings (SSSR count). The van der Waals surface area contributed by atoms with Crippen LogP contribution in [0, 0.1) is 5.92 Å². The minimum absolute atomic E-state index is 0.0269. The average Bonchev–Trinajstić information content (AvgIpc) is 2.61. The van der Waals surface area contributed by atoms with Gasteiger partial charge in [-0.15, -0.1) is 6.58 Å². The molecule has 0 bridgehead atoms. The molecule has 0 radical (unpaired) electrons. The lowest BCUT2D eigenvalue weighted by molar-refractivity contribution is -0.165. The van der Waals surface area contributed by atoms with Gasteiger partial charge in [-0.05, 0) is 32.8 Å². The number of hydrogen-bond acceptors (Lipinski definition) is 6. The molecule has 0 saturated carbocycles. The van der Waals surface area contributed by atoms with E-state index in [0.29, 0.717) is 0 Å². The van der Waals surface area contributed by atoms with Crippen LogP contribution in [-0.4, -0.2) is 36.8 Å². The number of allylic oxidation sites excluding steroid dienone is 1. The standard InChI is InChI=1S/C20H27NO6/c1-6-10-15(17(22)27-20(2,3)4)16(18(23)25-5)21-19(24)26-13-14-11-8-7-9-12-14/h6-9,11-12,15-16H,1,10,13H2,2-5H3,(H,21,24)/t15-,16-/m0/s1. The highest BCUT2D eigenvalue weighted by molar-refractivity contribution is 5.88. The monoisotopic (exact) mass is 377 g/mol. The molecule has 1 amide bonds. The lowest BCUT2D eigenvalue weighted by Crippen LogP contribution is -2.50. The minimum Gasteiger partial charge on any atom is -0.467 e. The zero-order chi connectivity index (χ0) is 20.4. The van der Waals surface area contributed by atoms with E-state index < -0.39 is 35.6 Å². The lowest BCUT2D eigenvalue weighted by Gasteiger charge is -2.27. The Morgan fingerprint density at radius 1 is 1.15 bits per heavy atom. The van der Waals surface area contributed by atoms with Crippen LogP contribution in [0.3, 0.4) is 0 Å². The molecular formula is C20H27NO6. The van der Waals surface area contributed by atoms with Crippen LogP contribution in [0.25, 0.3) is 0 Å². The maximum atomic E-state index is 12.5. The van der Waals surface area contributed by atoms with Crippen LogP contribution in [0.15, 0.2) is 43.0 Å². The highest BCUT2D eigenvalue weighted by atomic mass is 16.6. The third kappa shape index (κ3) is 7.94. The summed E-state index contributed by atoms with van der Waals surface area (Å²) in [6, 6.07) is 7.81. The Morgan fingerprint density at radius 2 is 1.78 bits per heavy atom. The van der Waals surface area contributed by atoms with Crippen LogP contribution in [0.4, 0.5) is 4.79 Å². The summed E-state index contributed by atoms with van der Waals surface area (Å²) in [5.41, 5.74) is 0.0439. The van der Waals surface area contributed by atoms with E-state index in [1.807, 2.05) is 18.2 Å². The van der Waals surface area contributed by atoms with Crippen LogP contribution < -0.4 is 5.32 Å². The van der Waals surface area contributed by atoms with E-state index in [0.717, 1.165) is 5.56 Å². The average molecular weight is 377 g/mol. The lowest BCUT2D eigenvalue weighted by atomic mass is 9.95. The van der Waals surface area contributed by atoms with Gasteiger partial charge in [0.05, 0.1) is 13.0 Å². The van der Waals surface area contributed by atoms with Crippen molar-refractivity contribution in [2.24, 2.45) is 5.92 Å². The van der Waals surface area contributed by atoms with Gasteiger partial charge in [-0.2, -0.15) is 0 Å². The fourth-order valence-electron chi connectivity index (χ4n) is 2.27. The Bertz CT molecular complexity index is 650. The highest BCUT2D eigenvalue weighted by Crippen LogP contribution is 2.19. The van der Waals surface area contributed by atoms with Crippen molar-refractivity contribution in [3.05, 3.63) is 48.6 Å². The fourth-order valence-corrected chi connectivity index (χ4v) is 2.27. The van der Waals surface area contributed by atoms with Crippen molar-refractivity contribution in [3.63, 3.8) is 0 Å². The number of carbonyl (C=O) groups is 3. The Balaban J connectivity index is 2.87. The van der Waals surface area contributed by atoms with Gasteiger partial charge in [0.1, 0.15) is 18.2 Å². The third-order valence-electron chi connectivity index (χ3n) is 3.47. The van der Waals surface area contributed by atoms with Crippen LogP contribution in [0.1, 0.15) is 32.8 Å². The molecule has 1 aromatic rings. The number of rotatable bonds is 8. The Kier molecular flexibility index (Phi) is 8.51. The van der Waals surface area contributed by atoms with Crippen molar-refractivity contribution >= 4 is 18.0 Å². The van der Waals surface area contributed by atoms with Gasteiger partial charge in [-0.25, -0.2) is 9.59 Å². The molecule has 7 heteroatoms. The van der Waals surface area contributed by atoms with Crippen molar-refractivity contribution in [3.8, 4) is 0 Å². The second-order valence-electron chi connectivity index (χ2n) is 6.87. The van der Waals surface area contributed by atoms with Gasteiger partial charge < -0.3 is 19.5 Å². The van der Waals surface area contributed by atoms with Gasteiger partial charge in [-0.3, -0.25) is 4.79 Å². The van der Waals surface area contributed by atoms with Gasteiger partial charge >= 0.3 is 18.0 Å². The van der Waals surface area contributed by atoms with Crippen LogP contribution >= 0.6 is 0 Å².